The first-order chi connectivity index (χ1) is 38.1. The maximum Gasteiger partial charge on any atom is 0.305 e. The van der Waals surface area contributed by atoms with E-state index in [1.54, 1.807) is 0 Å². The number of hydrogen-bond donors (Lipinski definition) is 2. The molecule has 0 aromatic heterocycles. The van der Waals surface area contributed by atoms with Crippen LogP contribution in [-0.4, -0.2) is 87.0 Å². The summed E-state index contributed by atoms with van der Waals surface area (Å²) in [6.45, 7) is 30.4. The molecule has 2 heterocycles. The van der Waals surface area contributed by atoms with Gasteiger partial charge in [-0.25, -0.2) is 0 Å². The van der Waals surface area contributed by atoms with Crippen LogP contribution in [0.5, 0.6) is 0 Å². The molecule has 8 atom stereocenters. The van der Waals surface area contributed by atoms with Gasteiger partial charge >= 0.3 is 11.9 Å². The van der Waals surface area contributed by atoms with Gasteiger partial charge in [-0.15, -0.1) is 0 Å². The van der Waals surface area contributed by atoms with E-state index in [1.165, 1.54) is 145 Å². The molecule has 0 spiro atoms. The minimum Gasteiger partial charge on any atom is -0.469 e. The van der Waals surface area contributed by atoms with Gasteiger partial charge in [-0.2, -0.15) is 0 Å². The molecule has 0 bridgehead atoms. The lowest BCUT2D eigenvalue weighted by Gasteiger charge is -2.41. The maximum atomic E-state index is 13.6. The van der Waals surface area contributed by atoms with Crippen LogP contribution < -0.4 is 10.6 Å². The zero-order valence-electron chi connectivity index (χ0n) is 53.4. The fraction of sp³-hybridized carbons (Fsp3) is 0.771. The van der Waals surface area contributed by atoms with Crippen LogP contribution in [0, 0.1) is 140 Å². The van der Waals surface area contributed by atoms with Crippen LogP contribution in [0.4, 0.5) is 0 Å². The molecule has 10 heteroatoms. The van der Waals surface area contributed by atoms with Crippen molar-refractivity contribution in [3.05, 3.63) is 66.8 Å². The van der Waals surface area contributed by atoms with Crippen molar-refractivity contribution in [3.63, 3.8) is 0 Å². The largest absolute Gasteiger partial charge is 0.469 e. The number of carbonyl (C=O) groups excluding carboxylic acids is 4. The van der Waals surface area contributed by atoms with Crippen LogP contribution in [-0.2, 0) is 41.7 Å². The molecule has 2 N–H and O–H groups in total. The van der Waals surface area contributed by atoms with Gasteiger partial charge in [0, 0.05) is 65.0 Å². The summed E-state index contributed by atoms with van der Waals surface area (Å²) >= 11 is 0. The number of amides is 2. The molecule has 10 nitrogen and oxygen atoms in total. The van der Waals surface area contributed by atoms with Gasteiger partial charge in [0.25, 0.3) is 0 Å². The van der Waals surface area contributed by atoms with E-state index >= 15 is 0 Å². The Kier molecular flexibility index (Phi) is 22.9. The van der Waals surface area contributed by atoms with Crippen molar-refractivity contribution >= 4 is 23.8 Å². The summed E-state index contributed by atoms with van der Waals surface area (Å²) in [6.07, 6.45) is 21.3. The first-order valence-electron chi connectivity index (χ1n) is 32.3. The Balaban J connectivity index is 0.000000231. The third-order valence-corrected chi connectivity index (χ3v) is 22.8. The third-order valence-electron chi connectivity index (χ3n) is 22.8. The van der Waals surface area contributed by atoms with E-state index < -0.39 is 0 Å². The van der Waals surface area contributed by atoms with E-state index in [1.807, 2.05) is 23.9 Å². The average Bonchev–Trinajstić information content (AvgIpc) is 4.53. The molecule has 4 aliphatic carbocycles. The van der Waals surface area contributed by atoms with Gasteiger partial charge in [0.1, 0.15) is 0 Å². The van der Waals surface area contributed by atoms with Crippen molar-refractivity contribution in [2.24, 2.45) is 71.0 Å². The lowest BCUT2D eigenvalue weighted by atomic mass is 9.64. The van der Waals surface area contributed by atoms with Crippen molar-refractivity contribution in [1.82, 2.24) is 20.4 Å². The molecule has 2 aromatic rings. The molecule has 2 aliphatic heterocycles. The van der Waals surface area contributed by atoms with E-state index in [9.17, 15) is 19.2 Å². The molecular formula is C70H112N4O6. The summed E-state index contributed by atoms with van der Waals surface area (Å²) < 4.78 is 9.87. The fourth-order valence-corrected chi connectivity index (χ4v) is 16.3. The van der Waals surface area contributed by atoms with Gasteiger partial charge in [-0.3, -0.25) is 19.2 Å². The highest BCUT2D eigenvalue weighted by atomic mass is 16.5. The maximum absolute atomic E-state index is 13.6. The van der Waals surface area contributed by atoms with Crippen molar-refractivity contribution in [3.8, 4) is 0 Å². The van der Waals surface area contributed by atoms with Crippen molar-refractivity contribution in [2.45, 2.75) is 237 Å². The Labute approximate surface area is 486 Å². The van der Waals surface area contributed by atoms with E-state index in [2.05, 4.69) is 93.7 Å². The number of hydrogen-bond acceptors (Lipinski definition) is 8. The van der Waals surface area contributed by atoms with E-state index in [4.69, 9.17) is 9.47 Å². The van der Waals surface area contributed by atoms with Crippen molar-refractivity contribution < 1.29 is 28.7 Å². The number of nitrogens with zero attached hydrogens (tertiary/aromatic N) is 2. The zero-order valence-corrected chi connectivity index (χ0v) is 53.4. The van der Waals surface area contributed by atoms with E-state index in [0.29, 0.717) is 62.7 Å². The van der Waals surface area contributed by atoms with Gasteiger partial charge in [0.2, 0.25) is 11.8 Å². The quantitative estimate of drug-likeness (QED) is 0.0999. The van der Waals surface area contributed by atoms with Gasteiger partial charge in [0.05, 0.1) is 14.2 Å². The van der Waals surface area contributed by atoms with Crippen molar-refractivity contribution in [1.29, 1.82) is 0 Å². The highest BCUT2D eigenvalue weighted by Crippen LogP contribution is 2.54. The summed E-state index contributed by atoms with van der Waals surface area (Å²) in [6, 6.07) is 0.940. The molecule has 6 fully saturated rings. The number of methoxy groups -OCH3 is 2. The van der Waals surface area contributed by atoms with Gasteiger partial charge in [-0.1, -0.05) is 26.7 Å². The summed E-state index contributed by atoms with van der Waals surface area (Å²) in [5, 5.41) is 8.00. The average molecular weight is 1110 g/mol. The Morgan fingerprint density at radius 3 is 1.12 bits per heavy atom. The number of ether oxygens (including phenoxy) is 2. The number of carbonyl (C=O) groups is 4. The second kappa shape index (κ2) is 28.7. The number of rotatable bonds is 24. The number of esters is 2. The fourth-order valence-electron chi connectivity index (χ4n) is 16.3. The first-order valence-corrected chi connectivity index (χ1v) is 32.3. The highest BCUT2D eigenvalue weighted by molar-refractivity contribution is 5.76. The van der Waals surface area contributed by atoms with Gasteiger partial charge in [0.15, 0.2) is 0 Å². The summed E-state index contributed by atoms with van der Waals surface area (Å²) in [5.74, 6) is 9.28. The third kappa shape index (κ3) is 15.5. The summed E-state index contributed by atoms with van der Waals surface area (Å²) in [4.78, 5) is 54.7. The van der Waals surface area contributed by atoms with Gasteiger partial charge < -0.3 is 29.9 Å². The topological polar surface area (TPSA) is 117 Å². The minimum absolute atomic E-state index is 0.124. The first kappa shape index (κ1) is 63.8. The summed E-state index contributed by atoms with van der Waals surface area (Å²) in [5.41, 5.74) is 15.9. The second-order valence-electron chi connectivity index (χ2n) is 27.6. The predicted molar refractivity (Wildman–Crippen MR) is 326 cm³/mol. The van der Waals surface area contributed by atoms with Crippen LogP contribution in [0.2, 0.25) is 0 Å². The molecular weight excluding hydrogens is 993 g/mol. The Morgan fingerprint density at radius 1 is 0.450 bits per heavy atom. The monoisotopic (exact) mass is 1100 g/mol. The molecule has 6 aliphatic rings. The molecule has 2 saturated heterocycles. The normalized spacial score (nSPS) is 27.1. The second-order valence-corrected chi connectivity index (χ2v) is 27.6. The van der Waals surface area contributed by atoms with Crippen LogP contribution >= 0.6 is 0 Å². The Hall–Kier alpha value is -3.76. The molecule has 2 aromatic carbocycles. The van der Waals surface area contributed by atoms with E-state index in [0.717, 1.165) is 111 Å². The standard InChI is InChI=1S/C36H58N2O3.C34H54N2O3/c1-22-12-14-28(15-13-22)31-20-37-36(35(31)29-16-17-29)30(10-9-11-34(40)41-8)18-19-33(39)38(7)21-32-26(5)24(3)23(2)25(4)27(32)6;1-20-16-28(17-20)29-18-35-34(33(29)26-12-13-26)27(10-9-11-32(38)39-8)14-15-31(37)36(7)19-30-24(5)22(3)21(2)23(4)25(30)6/h22,28-31,35-37H,9-21H2,1-8H3;20,26-29,33-35H,9-19H2,1-8H3/t22?,28?,30?,31-,35+,36+;20?,27?,28?,29-,33+,34+/m00/s1. The lowest BCUT2D eigenvalue weighted by Crippen LogP contribution is -2.39. The Bertz CT molecular complexity index is 2390. The molecule has 448 valence electrons. The SMILES string of the molecule is COC(=O)CCCC(CCC(=O)N(C)Cc1c(C)c(C)c(C)c(C)c1C)[C@H]1NC[C@@H](C2CC(C)C2)[C@H]1C1CC1.COC(=O)CCCC(CCC(=O)N(C)Cc1c(C)c(C)c(C)c(C)c1C)[C@H]1NC[C@@H](C2CCC(C)CC2)[C@H]1C1CC1. The van der Waals surface area contributed by atoms with Crippen LogP contribution in [0.25, 0.3) is 0 Å². The van der Waals surface area contributed by atoms with E-state index in [-0.39, 0.29) is 23.8 Å². The predicted octanol–water partition coefficient (Wildman–Crippen LogP) is 14.0. The number of benzene rings is 2. The zero-order chi connectivity index (χ0) is 58.3. The highest BCUT2D eigenvalue weighted by Gasteiger charge is 2.52. The van der Waals surface area contributed by atoms with Crippen LogP contribution in [0.3, 0.4) is 0 Å². The number of nitrogens with one attached hydrogen (secondary N) is 2. The lowest BCUT2D eigenvalue weighted by molar-refractivity contribution is -0.141. The molecule has 80 heavy (non-hydrogen) atoms. The van der Waals surface area contributed by atoms with Crippen LogP contribution in [0.1, 0.15) is 209 Å². The molecule has 2 amide bonds. The minimum atomic E-state index is -0.126. The molecule has 2 unspecified atom stereocenters. The smallest absolute Gasteiger partial charge is 0.305 e. The van der Waals surface area contributed by atoms with Crippen LogP contribution in [0.15, 0.2) is 0 Å². The van der Waals surface area contributed by atoms with Crippen molar-refractivity contribution in [2.75, 3.05) is 41.4 Å². The summed E-state index contributed by atoms with van der Waals surface area (Å²) in [7, 11) is 6.89. The molecule has 0 radical (unpaired) electrons. The Morgan fingerprint density at radius 2 is 0.787 bits per heavy atom. The van der Waals surface area contributed by atoms with Gasteiger partial charge in [-0.05, 0) is 310 Å². The molecule has 8 rings (SSSR count). The molecule has 4 saturated carbocycles.